The van der Waals surface area contributed by atoms with E-state index in [1.165, 1.54) is 7.11 Å². The molecule has 114 valence electrons. The van der Waals surface area contributed by atoms with E-state index in [1.807, 2.05) is 0 Å². The van der Waals surface area contributed by atoms with E-state index < -0.39 is 11.9 Å². The third-order valence-corrected chi connectivity index (χ3v) is 2.94. The largest absolute Gasteiger partial charge is 0.497 e. The smallest absolute Gasteiger partial charge is 0.337 e. The fourth-order valence-corrected chi connectivity index (χ4v) is 1.87. The van der Waals surface area contributed by atoms with Crippen LogP contribution in [0.3, 0.4) is 0 Å². The molecule has 0 aliphatic heterocycles. The second-order valence-corrected chi connectivity index (χ2v) is 4.71. The summed E-state index contributed by atoms with van der Waals surface area (Å²) in [6.45, 7) is 0. The molecule has 0 heterocycles. The van der Waals surface area contributed by atoms with Crippen LogP contribution in [0.1, 0.15) is 10.4 Å². The van der Waals surface area contributed by atoms with Crippen molar-refractivity contribution >= 4 is 29.2 Å². The fraction of sp³-hybridized carbons (Fsp3) is 0.0667. The summed E-state index contributed by atoms with van der Waals surface area (Å²) in [5.74, 6) is 0.0937. The van der Waals surface area contributed by atoms with E-state index in [0.29, 0.717) is 22.0 Å². The van der Waals surface area contributed by atoms with Gasteiger partial charge in [0.05, 0.1) is 7.11 Å². The van der Waals surface area contributed by atoms with Gasteiger partial charge in [0.2, 0.25) is 0 Å². The van der Waals surface area contributed by atoms with E-state index in [-0.39, 0.29) is 0 Å². The molecule has 0 bridgehead atoms. The number of hydrazine groups is 1. The molecule has 7 heteroatoms. The molecule has 3 N–H and O–H groups in total. The molecule has 0 saturated carbocycles. The predicted molar refractivity (Wildman–Crippen MR) is 84.1 cm³/mol. The Morgan fingerprint density at radius 3 is 2.55 bits per heavy atom. The zero-order valence-electron chi connectivity index (χ0n) is 11.7. The van der Waals surface area contributed by atoms with Crippen molar-refractivity contribution in [2.24, 2.45) is 0 Å². The lowest BCUT2D eigenvalue weighted by atomic mass is 10.2. The molecule has 2 aromatic rings. The SMILES string of the molecule is COc1cccc(C(=O)NNC(=O)Nc2cccc(Cl)c2)c1. The number of nitrogens with one attached hydrogen (secondary N) is 3. The van der Waals surface area contributed by atoms with Gasteiger partial charge in [-0.2, -0.15) is 0 Å². The van der Waals surface area contributed by atoms with Crippen LogP contribution in [-0.4, -0.2) is 19.0 Å². The van der Waals surface area contributed by atoms with Gasteiger partial charge >= 0.3 is 6.03 Å². The van der Waals surface area contributed by atoms with Crippen LogP contribution in [0.25, 0.3) is 0 Å². The fourth-order valence-electron chi connectivity index (χ4n) is 1.68. The molecule has 22 heavy (non-hydrogen) atoms. The molecule has 0 unspecified atom stereocenters. The van der Waals surface area contributed by atoms with Gasteiger partial charge < -0.3 is 10.1 Å². The van der Waals surface area contributed by atoms with E-state index in [0.717, 1.165) is 0 Å². The molecule has 0 fully saturated rings. The standard InChI is InChI=1S/C15H14ClN3O3/c1-22-13-7-2-4-10(8-13)14(20)18-19-15(21)17-12-6-3-5-11(16)9-12/h2-9H,1H3,(H,18,20)(H2,17,19,21). The van der Waals surface area contributed by atoms with Crippen molar-refractivity contribution in [2.45, 2.75) is 0 Å². The first-order chi connectivity index (χ1) is 10.6. The summed E-state index contributed by atoms with van der Waals surface area (Å²) < 4.78 is 5.03. The topological polar surface area (TPSA) is 79.5 Å². The van der Waals surface area contributed by atoms with Gasteiger partial charge in [0.15, 0.2) is 0 Å². The first-order valence-corrected chi connectivity index (χ1v) is 6.73. The van der Waals surface area contributed by atoms with Gasteiger partial charge in [-0.25, -0.2) is 10.2 Å². The molecule has 0 aliphatic rings. The maximum atomic E-state index is 11.9. The van der Waals surface area contributed by atoms with Crippen molar-refractivity contribution in [2.75, 3.05) is 12.4 Å². The molecule has 0 aliphatic carbocycles. The average molecular weight is 320 g/mol. The van der Waals surface area contributed by atoms with Crippen LogP contribution in [-0.2, 0) is 0 Å². The molecule has 0 atom stereocenters. The molecule has 2 aromatic carbocycles. The maximum absolute atomic E-state index is 11.9. The first-order valence-electron chi connectivity index (χ1n) is 6.35. The Hall–Kier alpha value is -2.73. The van der Waals surface area contributed by atoms with Crippen LogP contribution in [0.15, 0.2) is 48.5 Å². The highest BCUT2D eigenvalue weighted by molar-refractivity contribution is 6.30. The van der Waals surface area contributed by atoms with Gasteiger partial charge in [0.25, 0.3) is 5.91 Å². The van der Waals surface area contributed by atoms with Crippen molar-refractivity contribution in [1.82, 2.24) is 10.9 Å². The number of hydrogen-bond acceptors (Lipinski definition) is 3. The molecule has 2 rings (SSSR count). The number of anilines is 1. The zero-order valence-corrected chi connectivity index (χ0v) is 12.5. The summed E-state index contributed by atoms with van der Waals surface area (Å²) in [5, 5.41) is 3.04. The van der Waals surface area contributed by atoms with E-state index >= 15 is 0 Å². The average Bonchev–Trinajstić information content (AvgIpc) is 2.52. The third kappa shape index (κ3) is 4.39. The Morgan fingerprint density at radius 2 is 1.82 bits per heavy atom. The van der Waals surface area contributed by atoms with Gasteiger partial charge in [-0.1, -0.05) is 23.7 Å². The molecule has 0 radical (unpaired) electrons. The van der Waals surface area contributed by atoms with Crippen molar-refractivity contribution in [3.8, 4) is 5.75 Å². The van der Waals surface area contributed by atoms with Gasteiger partial charge in [-0.15, -0.1) is 0 Å². The summed E-state index contributed by atoms with van der Waals surface area (Å²) in [4.78, 5) is 23.6. The number of methoxy groups -OCH3 is 1. The van der Waals surface area contributed by atoms with Crippen molar-refractivity contribution < 1.29 is 14.3 Å². The Morgan fingerprint density at radius 1 is 1.05 bits per heavy atom. The minimum atomic E-state index is -0.585. The van der Waals surface area contributed by atoms with Crippen LogP contribution in [0, 0.1) is 0 Å². The normalized spacial score (nSPS) is 9.73. The number of rotatable bonds is 3. The van der Waals surface area contributed by atoms with E-state index in [9.17, 15) is 9.59 Å². The van der Waals surface area contributed by atoms with Crippen molar-refractivity contribution in [3.05, 3.63) is 59.1 Å². The number of benzene rings is 2. The summed E-state index contributed by atoms with van der Waals surface area (Å²) in [6, 6.07) is 12.6. The number of halogens is 1. The number of urea groups is 1. The van der Waals surface area contributed by atoms with Crippen LogP contribution in [0.2, 0.25) is 5.02 Å². The van der Waals surface area contributed by atoms with Crippen LogP contribution < -0.4 is 20.9 Å². The number of carbonyl (C=O) groups excluding carboxylic acids is 2. The highest BCUT2D eigenvalue weighted by Gasteiger charge is 2.08. The monoisotopic (exact) mass is 319 g/mol. The van der Waals surface area contributed by atoms with Gasteiger partial charge in [0, 0.05) is 16.3 Å². The Bertz CT molecular complexity index is 691. The van der Waals surface area contributed by atoms with Gasteiger partial charge in [0.1, 0.15) is 5.75 Å². The summed E-state index contributed by atoms with van der Waals surface area (Å²) in [7, 11) is 1.51. The van der Waals surface area contributed by atoms with Crippen LogP contribution >= 0.6 is 11.6 Å². The summed E-state index contributed by atoms with van der Waals surface area (Å²) >= 11 is 5.81. The quantitative estimate of drug-likeness (QED) is 0.761. The molecule has 0 saturated heterocycles. The van der Waals surface area contributed by atoms with Crippen molar-refractivity contribution in [1.29, 1.82) is 0 Å². The second-order valence-electron chi connectivity index (χ2n) is 4.28. The molecule has 0 aromatic heterocycles. The second kappa shape index (κ2) is 7.33. The first kappa shape index (κ1) is 15.7. The lowest BCUT2D eigenvalue weighted by Crippen LogP contribution is -2.43. The Kier molecular flexibility index (Phi) is 5.21. The number of hydrogen-bond donors (Lipinski definition) is 3. The Labute approximate surface area is 132 Å². The summed E-state index contributed by atoms with van der Waals surface area (Å²) in [5.41, 5.74) is 5.43. The molecular weight excluding hydrogens is 306 g/mol. The summed E-state index contributed by atoms with van der Waals surface area (Å²) in [6.07, 6.45) is 0. The molecule has 0 spiro atoms. The minimum absolute atomic E-state index is 0.363. The lowest BCUT2D eigenvalue weighted by Gasteiger charge is -2.09. The van der Waals surface area contributed by atoms with Crippen LogP contribution in [0.5, 0.6) is 5.75 Å². The van der Waals surface area contributed by atoms with E-state index in [2.05, 4.69) is 16.2 Å². The van der Waals surface area contributed by atoms with Gasteiger partial charge in [-0.3, -0.25) is 10.2 Å². The minimum Gasteiger partial charge on any atom is -0.497 e. The molecule has 6 nitrogen and oxygen atoms in total. The predicted octanol–water partition coefficient (Wildman–Crippen LogP) is 2.82. The van der Waals surface area contributed by atoms with E-state index in [1.54, 1.807) is 48.5 Å². The van der Waals surface area contributed by atoms with Crippen LogP contribution in [0.4, 0.5) is 10.5 Å². The Balaban J connectivity index is 1.89. The number of carbonyl (C=O) groups is 2. The van der Waals surface area contributed by atoms with Gasteiger partial charge in [-0.05, 0) is 36.4 Å². The van der Waals surface area contributed by atoms with Crippen molar-refractivity contribution in [3.63, 3.8) is 0 Å². The number of amides is 3. The lowest BCUT2D eigenvalue weighted by molar-refractivity contribution is 0.0937. The highest BCUT2D eigenvalue weighted by atomic mass is 35.5. The maximum Gasteiger partial charge on any atom is 0.337 e. The molecular formula is C15H14ClN3O3. The number of ether oxygens (including phenoxy) is 1. The third-order valence-electron chi connectivity index (χ3n) is 2.70. The highest BCUT2D eigenvalue weighted by Crippen LogP contribution is 2.14. The molecule has 3 amide bonds. The van der Waals surface area contributed by atoms with E-state index in [4.69, 9.17) is 16.3 Å². The zero-order chi connectivity index (χ0) is 15.9.